The van der Waals surface area contributed by atoms with E-state index in [4.69, 9.17) is 0 Å². The molecule has 33 heavy (non-hydrogen) atoms. The van der Waals surface area contributed by atoms with Crippen LogP contribution in [-0.4, -0.2) is 30.9 Å². The van der Waals surface area contributed by atoms with Crippen LogP contribution < -0.4 is 10.6 Å². The smallest absolute Gasteiger partial charge is 0.276 e. The molecule has 0 atom stereocenters. The van der Waals surface area contributed by atoms with E-state index in [1.165, 1.54) is 0 Å². The van der Waals surface area contributed by atoms with Gasteiger partial charge in [0, 0.05) is 42.8 Å². The van der Waals surface area contributed by atoms with Crippen molar-refractivity contribution in [2.75, 3.05) is 5.32 Å². The number of nitrogens with zero attached hydrogens (tertiary/aromatic N) is 4. The van der Waals surface area contributed by atoms with Crippen molar-refractivity contribution in [1.82, 2.24) is 30.3 Å². The maximum Gasteiger partial charge on any atom is 0.276 e. The number of benzene rings is 2. The molecule has 5 aromatic rings. The van der Waals surface area contributed by atoms with Crippen molar-refractivity contribution < 1.29 is 4.79 Å². The normalized spacial score (nSPS) is 13.5. The van der Waals surface area contributed by atoms with Crippen molar-refractivity contribution in [3.63, 3.8) is 0 Å². The first-order valence-electron chi connectivity index (χ1n) is 10.7. The van der Waals surface area contributed by atoms with Crippen LogP contribution in [-0.2, 0) is 20.1 Å². The van der Waals surface area contributed by atoms with Gasteiger partial charge in [-0.25, -0.2) is 0 Å². The van der Waals surface area contributed by atoms with E-state index in [9.17, 15) is 4.79 Å². The second kappa shape index (κ2) is 7.68. The SMILES string of the molecule is Cn1ncc2c1CNCc1cccc(c1)-c1cncc(c1)NC(=O)c1n[nH]c3ccc-2cc13. The third-order valence-corrected chi connectivity index (χ3v) is 6.03. The van der Waals surface area contributed by atoms with E-state index in [0.717, 1.165) is 44.4 Å². The van der Waals surface area contributed by atoms with Crippen molar-refractivity contribution in [1.29, 1.82) is 0 Å². The lowest BCUT2D eigenvalue weighted by molar-refractivity contribution is 0.102. The number of pyridine rings is 1. The van der Waals surface area contributed by atoms with Crippen molar-refractivity contribution in [3.8, 4) is 22.3 Å². The lowest BCUT2D eigenvalue weighted by Crippen LogP contribution is -2.16. The molecular weight excluding hydrogens is 414 g/mol. The zero-order valence-electron chi connectivity index (χ0n) is 18.0. The summed E-state index contributed by atoms with van der Waals surface area (Å²) in [4.78, 5) is 17.5. The summed E-state index contributed by atoms with van der Waals surface area (Å²) < 4.78 is 1.89. The van der Waals surface area contributed by atoms with Crippen molar-refractivity contribution in [2.45, 2.75) is 13.1 Å². The number of anilines is 1. The van der Waals surface area contributed by atoms with Crippen molar-refractivity contribution >= 4 is 22.5 Å². The highest BCUT2D eigenvalue weighted by molar-refractivity contribution is 6.11. The van der Waals surface area contributed by atoms with Crippen LogP contribution >= 0.6 is 0 Å². The zero-order chi connectivity index (χ0) is 22.4. The summed E-state index contributed by atoms with van der Waals surface area (Å²) in [5, 5.41) is 19.0. The van der Waals surface area contributed by atoms with Gasteiger partial charge in [0.05, 0.1) is 29.3 Å². The molecule has 0 radical (unpaired) electrons. The molecule has 4 heterocycles. The van der Waals surface area contributed by atoms with Crippen LogP contribution in [0.25, 0.3) is 33.2 Å². The van der Waals surface area contributed by atoms with E-state index in [2.05, 4.69) is 43.0 Å². The van der Waals surface area contributed by atoms with Gasteiger partial charge in [0.2, 0.25) is 0 Å². The number of nitrogens with one attached hydrogen (secondary N) is 3. The summed E-state index contributed by atoms with van der Waals surface area (Å²) >= 11 is 0. The van der Waals surface area contributed by atoms with Gasteiger partial charge in [-0.3, -0.25) is 19.6 Å². The molecule has 6 rings (SSSR count). The highest BCUT2D eigenvalue weighted by Gasteiger charge is 2.18. The molecule has 8 nitrogen and oxygen atoms in total. The quantitative estimate of drug-likeness (QED) is 0.343. The Hall–Kier alpha value is -4.30. The number of aromatic nitrogens is 5. The van der Waals surface area contributed by atoms with Gasteiger partial charge in [-0.05, 0) is 41.0 Å². The Morgan fingerprint density at radius 3 is 2.82 bits per heavy atom. The highest BCUT2D eigenvalue weighted by Crippen LogP contribution is 2.29. The van der Waals surface area contributed by atoms with Crippen LogP contribution in [0.4, 0.5) is 5.69 Å². The summed E-state index contributed by atoms with van der Waals surface area (Å²) in [5.74, 6) is -0.288. The zero-order valence-corrected chi connectivity index (χ0v) is 18.0. The number of aryl methyl sites for hydroxylation is 1. The molecule has 0 fully saturated rings. The maximum absolute atomic E-state index is 13.1. The number of carbonyl (C=O) groups excluding carboxylic acids is 1. The first-order chi connectivity index (χ1) is 16.2. The van der Waals surface area contributed by atoms with Crippen LogP contribution in [0.15, 0.2) is 67.1 Å². The minimum absolute atomic E-state index is 0.288. The van der Waals surface area contributed by atoms with Crippen LogP contribution in [0.3, 0.4) is 0 Å². The van der Waals surface area contributed by atoms with Crippen LogP contribution in [0.2, 0.25) is 0 Å². The molecule has 3 N–H and O–H groups in total. The maximum atomic E-state index is 13.1. The van der Waals surface area contributed by atoms with Crippen LogP contribution in [0.5, 0.6) is 0 Å². The van der Waals surface area contributed by atoms with E-state index >= 15 is 0 Å². The molecule has 0 saturated carbocycles. The Balaban J connectivity index is 1.51. The van der Waals surface area contributed by atoms with Gasteiger partial charge >= 0.3 is 0 Å². The molecule has 6 bridgehead atoms. The molecule has 0 unspecified atom stereocenters. The summed E-state index contributed by atoms with van der Waals surface area (Å²) in [7, 11) is 1.94. The lowest BCUT2D eigenvalue weighted by atomic mass is 10.0. The minimum Gasteiger partial charge on any atom is -0.319 e. The minimum atomic E-state index is -0.288. The summed E-state index contributed by atoms with van der Waals surface area (Å²) in [6.07, 6.45) is 5.31. The molecule has 3 aromatic heterocycles. The third kappa shape index (κ3) is 3.46. The standard InChI is InChI=1S/C25H21N7O/c1-32-23-14-26-10-15-3-2-4-16(7-15)18-8-19(12-27-11-18)29-25(33)24-20-9-17(21(23)13-28-32)5-6-22(20)30-31-24/h2-9,11-13,26H,10,14H2,1H3,(H,29,33)(H,30,31). The number of hydrogen-bond donors (Lipinski definition) is 3. The fourth-order valence-corrected chi connectivity index (χ4v) is 4.31. The number of amides is 1. The number of hydrogen-bond acceptors (Lipinski definition) is 5. The Morgan fingerprint density at radius 1 is 0.939 bits per heavy atom. The number of fused-ring (bicyclic) bond motifs is 8. The Bertz CT molecular complexity index is 1510. The number of carbonyl (C=O) groups is 1. The predicted octanol–water partition coefficient (Wildman–Crippen LogP) is 3.88. The largest absolute Gasteiger partial charge is 0.319 e. The molecule has 1 aliphatic heterocycles. The Morgan fingerprint density at radius 2 is 1.88 bits per heavy atom. The molecule has 0 saturated heterocycles. The Labute approximate surface area is 189 Å². The van der Waals surface area contributed by atoms with E-state index in [1.54, 1.807) is 12.4 Å². The molecule has 8 heteroatoms. The Kier molecular flexibility index (Phi) is 4.51. The topological polar surface area (TPSA) is 101 Å². The summed E-state index contributed by atoms with van der Waals surface area (Å²) in [5.41, 5.74) is 7.97. The van der Waals surface area contributed by atoms with E-state index in [1.807, 2.05) is 54.3 Å². The molecule has 1 amide bonds. The van der Waals surface area contributed by atoms with Gasteiger partial charge in [0.25, 0.3) is 5.91 Å². The second-order valence-corrected chi connectivity index (χ2v) is 8.18. The molecule has 1 aliphatic rings. The van der Waals surface area contributed by atoms with E-state index < -0.39 is 0 Å². The van der Waals surface area contributed by atoms with Crippen molar-refractivity contribution in [2.24, 2.45) is 7.05 Å². The van der Waals surface area contributed by atoms with Gasteiger partial charge in [0.1, 0.15) is 0 Å². The van der Waals surface area contributed by atoms with E-state index in [0.29, 0.717) is 24.5 Å². The first kappa shape index (κ1) is 19.4. The molecule has 0 spiro atoms. The van der Waals surface area contributed by atoms with Gasteiger partial charge in [-0.2, -0.15) is 10.2 Å². The van der Waals surface area contributed by atoms with Gasteiger partial charge in [-0.1, -0.05) is 24.3 Å². The van der Waals surface area contributed by atoms with Crippen LogP contribution in [0, 0.1) is 0 Å². The van der Waals surface area contributed by atoms with Gasteiger partial charge in [-0.15, -0.1) is 0 Å². The fourth-order valence-electron chi connectivity index (χ4n) is 4.31. The number of H-pyrrole nitrogens is 1. The molecule has 0 aliphatic carbocycles. The summed E-state index contributed by atoms with van der Waals surface area (Å²) in [6, 6.07) is 16.2. The fraction of sp³-hybridized carbons (Fsp3) is 0.120. The number of rotatable bonds is 0. The predicted molar refractivity (Wildman–Crippen MR) is 126 cm³/mol. The monoisotopic (exact) mass is 435 g/mol. The highest BCUT2D eigenvalue weighted by atomic mass is 16.1. The van der Waals surface area contributed by atoms with Crippen LogP contribution in [0.1, 0.15) is 21.7 Å². The molecule has 162 valence electrons. The average molecular weight is 435 g/mol. The summed E-state index contributed by atoms with van der Waals surface area (Å²) in [6.45, 7) is 1.37. The second-order valence-electron chi connectivity index (χ2n) is 8.18. The molecule has 2 aromatic carbocycles. The van der Waals surface area contributed by atoms with E-state index in [-0.39, 0.29) is 5.91 Å². The average Bonchev–Trinajstić information content (AvgIpc) is 3.42. The molecular formula is C25H21N7O. The number of aromatic amines is 1. The van der Waals surface area contributed by atoms with Crippen molar-refractivity contribution in [3.05, 3.63) is 84.1 Å². The third-order valence-electron chi connectivity index (χ3n) is 6.03. The van der Waals surface area contributed by atoms with Gasteiger partial charge in [0.15, 0.2) is 5.69 Å². The van der Waals surface area contributed by atoms with Gasteiger partial charge < -0.3 is 10.6 Å². The lowest BCUT2D eigenvalue weighted by Gasteiger charge is -2.10. The first-order valence-corrected chi connectivity index (χ1v) is 10.7.